The standard InChI is InChI=1S/C48H98N4O6/c1-9-11-13-15-17-19-21-23-25-27-29-31-35-51(41-43(53)39-49-45(55)57-47(3,4)5)37-33-34-38-52(42-44(54)40-50-46(56)58-48(6,7)8)36-32-30-28-26-24-22-20-18-16-14-12-10-2/h43-44,53-54H,9-42H2,1-8H3,(H,49,55)(H,50,56). The molecule has 0 bridgehead atoms. The first-order valence-corrected chi connectivity index (χ1v) is 24.4. The quantitative estimate of drug-likeness (QED) is 0.0452. The number of nitrogens with one attached hydrogen (secondary N) is 2. The summed E-state index contributed by atoms with van der Waals surface area (Å²) in [6.07, 6.45) is 31.0. The van der Waals surface area contributed by atoms with Crippen molar-refractivity contribution in [1.29, 1.82) is 0 Å². The predicted molar refractivity (Wildman–Crippen MR) is 245 cm³/mol. The lowest BCUT2D eigenvalue weighted by atomic mass is 10.1. The van der Waals surface area contributed by atoms with E-state index >= 15 is 0 Å². The fourth-order valence-corrected chi connectivity index (χ4v) is 7.37. The summed E-state index contributed by atoms with van der Waals surface area (Å²) in [6, 6.07) is 0. The summed E-state index contributed by atoms with van der Waals surface area (Å²) in [5.41, 5.74) is -1.16. The van der Waals surface area contributed by atoms with Gasteiger partial charge in [0.25, 0.3) is 0 Å². The van der Waals surface area contributed by atoms with Crippen LogP contribution in [0.25, 0.3) is 0 Å². The summed E-state index contributed by atoms with van der Waals surface area (Å²) in [4.78, 5) is 29.2. The maximum atomic E-state index is 12.2. The second-order valence-electron chi connectivity index (χ2n) is 19.2. The highest BCUT2D eigenvalue weighted by molar-refractivity contribution is 5.68. The highest BCUT2D eigenvalue weighted by Gasteiger charge is 2.20. The van der Waals surface area contributed by atoms with E-state index in [1.54, 1.807) is 0 Å². The normalized spacial score (nSPS) is 13.2. The molecule has 0 heterocycles. The fourth-order valence-electron chi connectivity index (χ4n) is 7.37. The zero-order valence-corrected chi connectivity index (χ0v) is 39.6. The summed E-state index contributed by atoms with van der Waals surface area (Å²) in [7, 11) is 0. The zero-order valence-electron chi connectivity index (χ0n) is 39.6. The molecule has 0 aliphatic carbocycles. The zero-order chi connectivity index (χ0) is 43.3. The minimum Gasteiger partial charge on any atom is -0.444 e. The van der Waals surface area contributed by atoms with Gasteiger partial charge in [-0.2, -0.15) is 0 Å². The number of rotatable bonds is 39. The van der Waals surface area contributed by atoms with E-state index in [0.717, 1.165) is 51.9 Å². The van der Waals surface area contributed by atoms with Crippen LogP contribution in [0.4, 0.5) is 9.59 Å². The molecule has 0 saturated heterocycles. The summed E-state index contributed by atoms with van der Waals surface area (Å²) >= 11 is 0. The largest absolute Gasteiger partial charge is 0.444 e. The van der Waals surface area contributed by atoms with Crippen LogP contribution in [0, 0.1) is 0 Å². The number of amides is 2. The summed E-state index contributed by atoms with van der Waals surface area (Å²) in [5.74, 6) is 0. The van der Waals surface area contributed by atoms with E-state index in [9.17, 15) is 19.8 Å². The lowest BCUT2D eigenvalue weighted by molar-refractivity contribution is 0.0455. The Bertz CT molecular complexity index is 866. The van der Waals surface area contributed by atoms with Gasteiger partial charge in [-0.25, -0.2) is 9.59 Å². The third kappa shape index (κ3) is 41.1. The molecule has 346 valence electrons. The minimum atomic E-state index is -0.681. The molecule has 0 saturated carbocycles. The van der Waals surface area contributed by atoms with Gasteiger partial charge in [-0.05, 0) is 93.4 Å². The van der Waals surface area contributed by atoms with E-state index in [4.69, 9.17) is 9.47 Å². The first kappa shape index (κ1) is 56.4. The molecule has 0 aliphatic rings. The smallest absolute Gasteiger partial charge is 0.407 e. The highest BCUT2D eigenvalue weighted by atomic mass is 16.6. The molecular formula is C48H98N4O6. The number of carbonyl (C=O) groups is 2. The molecule has 0 rings (SSSR count). The Morgan fingerprint density at radius 1 is 0.431 bits per heavy atom. The van der Waals surface area contributed by atoms with Crippen LogP contribution in [0.3, 0.4) is 0 Å². The number of hydrogen-bond acceptors (Lipinski definition) is 8. The van der Waals surface area contributed by atoms with Crippen LogP contribution in [-0.2, 0) is 9.47 Å². The Morgan fingerprint density at radius 3 is 0.897 bits per heavy atom. The van der Waals surface area contributed by atoms with E-state index in [1.165, 1.54) is 141 Å². The maximum Gasteiger partial charge on any atom is 0.407 e. The van der Waals surface area contributed by atoms with Gasteiger partial charge in [0, 0.05) is 26.2 Å². The molecule has 0 aliphatic heterocycles. The number of hydrogen-bond donors (Lipinski definition) is 4. The van der Waals surface area contributed by atoms with E-state index in [-0.39, 0.29) is 13.1 Å². The monoisotopic (exact) mass is 827 g/mol. The van der Waals surface area contributed by atoms with Gasteiger partial charge in [-0.1, -0.05) is 155 Å². The molecule has 2 unspecified atom stereocenters. The third-order valence-corrected chi connectivity index (χ3v) is 10.6. The Balaban J connectivity index is 4.99. The van der Waals surface area contributed by atoms with E-state index in [2.05, 4.69) is 34.3 Å². The number of aliphatic hydroxyl groups is 2. The molecule has 2 atom stereocenters. The molecular weight excluding hydrogens is 729 g/mol. The molecule has 0 aromatic heterocycles. The van der Waals surface area contributed by atoms with Crippen molar-refractivity contribution in [1.82, 2.24) is 20.4 Å². The topological polar surface area (TPSA) is 124 Å². The molecule has 10 nitrogen and oxygen atoms in total. The molecule has 0 spiro atoms. The average Bonchev–Trinajstić information content (AvgIpc) is 3.14. The minimum absolute atomic E-state index is 0.159. The lowest BCUT2D eigenvalue weighted by Crippen LogP contribution is -2.43. The molecule has 0 aromatic rings. The van der Waals surface area contributed by atoms with E-state index in [1.807, 2.05) is 41.5 Å². The Labute approximate surface area is 359 Å². The van der Waals surface area contributed by atoms with Crippen LogP contribution < -0.4 is 10.6 Å². The molecule has 10 heteroatoms. The van der Waals surface area contributed by atoms with Crippen molar-refractivity contribution >= 4 is 12.2 Å². The molecule has 0 aromatic carbocycles. The molecule has 0 radical (unpaired) electrons. The van der Waals surface area contributed by atoms with E-state index < -0.39 is 35.6 Å². The molecule has 2 amide bonds. The van der Waals surface area contributed by atoms with Gasteiger partial charge in [0.2, 0.25) is 0 Å². The van der Waals surface area contributed by atoms with Gasteiger partial charge in [0.15, 0.2) is 0 Å². The number of nitrogens with zero attached hydrogens (tertiary/aromatic N) is 2. The van der Waals surface area contributed by atoms with Crippen molar-refractivity contribution in [2.45, 2.75) is 246 Å². The fraction of sp³-hybridized carbons (Fsp3) is 0.958. The van der Waals surface area contributed by atoms with E-state index in [0.29, 0.717) is 13.1 Å². The second kappa shape index (κ2) is 37.2. The van der Waals surface area contributed by atoms with Gasteiger partial charge in [-0.15, -0.1) is 0 Å². The van der Waals surface area contributed by atoms with Crippen molar-refractivity contribution in [3.63, 3.8) is 0 Å². The second-order valence-corrected chi connectivity index (χ2v) is 19.2. The SMILES string of the molecule is CCCCCCCCCCCCCCN(CCCCN(CCCCCCCCCCCCCC)CC(O)CNC(=O)OC(C)(C)C)CC(O)CNC(=O)OC(C)(C)C. The van der Waals surface area contributed by atoms with Crippen LogP contribution in [-0.4, -0.2) is 108 Å². The van der Waals surface area contributed by atoms with Crippen molar-refractivity contribution in [3.8, 4) is 0 Å². The van der Waals surface area contributed by atoms with Gasteiger partial charge in [-0.3, -0.25) is 0 Å². The van der Waals surface area contributed by atoms with Crippen LogP contribution in [0.5, 0.6) is 0 Å². The Hall–Kier alpha value is -1.62. The van der Waals surface area contributed by atoms with Crippen LogP contribution in [0.15, 0.2) is 0 Å². The van der Waals surface area contributed by atoms with Crippen LogP contribution in [0.1, 0.15) is 222 Å². The molecule has 4 N–H and O–H groups in total. The Morgan fingerprint density at radius 2 is 0.655 bits per heavy atom. The highest BCUT2D eigenvalue weighted by Crippen LogP contribution is 2.15. The van der Waals surface area contributed by atoms with Crippen molar-refractivity contribution in [2.24, 2.45) is 0 Å². The summed E-state index contributed by atoms with van der Waals surface area (Å²) in [6.45, 7) is 20.5. The van der Waals surface area contributed by atoms with Crippen molar-refractivity contribution < 1.29 is 29.3 Å². The van der Waals surface area contributed by atoms with Crippen LogP contribution >= 0.6 is 0 Å². The number of carbonyl (C=O) groups excluding carboxylic acids is 2. The average molecular weight is 827 g/mol. The van der Waals surface area contributed by atoms with Gasteiger partial charge < -0.3 is 40.1 Å². The third-order valence-electron chi connectivity index (χ3n) is 10.6. The number of ether oxygens (including phenoxy) is 2. The number of alkyl carbamates (subject to hydrolysis) is 2. The van der Waals surface area contributed by atoms with Crippen molar-refractivity contribution in [3.05, 3.63) is 0 Å². The Kier molecular flexibility index (Phi) is 36.1. The molecule has 58 heavy (non-hydrogen) atoms. The lowest BCUT2D eigenvalue weighted by Gasteiger charge is -2.28. The van der Waals surface area contributed by atoms with Gasteiger partial charge >= 0.3 is 12.2 Å². The summed E-state index contributed by atoms with van der Waals surface area (Å²) in [5, 5.41) is 27.3. The van der Waals surface area contributed by atoms with Gasteiger partial charge in [0.05, 0.1) is 12.2 Å². The number of unbranched alkanes of at least 4 members (excludes halogenated alkanes) is 23. The summed E-state index contributed by atoms with van der Waals surface area (Å²) < 4.78 is 10.7. The van der Waals surface area contributed by atoms with Crippen molar-refractivity contribution in [2.75, 3.05) is 52.4 Å². The first-order valence-electron chi connectivity index (χ1n) is 24.4. The maximum absolute atomic E-state index is 12.2. The van der Waals surface area contributed by atoms with Gasteiger partial charge in [0.1, 0.15) is 11.2 Å². The van der Waals surface area contributed by atoms with Crippen LogP contribution in [0.2, 0.25) is 0 Å². The molecule has 0 fully saturated rings. The number of aliphatic hydroxyl groups excluding tert-OH is 2. The predicted octanol–water partition coefficient (Wildman–Crippen LogP) is 11.5. The first-order chi connectivity index (χ1) is 27.6.